The van der Waals surface area contributed by atoms with Gasteiger partial charge in [-0.1, -0.05) is 6.07 Å². The third-order valence-corrected chi connectivity index (χ3v) is 2.20. The zero-order valence-corrected chi connectivity index (χ0v) is 9.03. The monoisotopic (exact) mass is 215 g/mol. The third-order valence-electron chi connectivity index (χ3n) is 2.20. The van der Waals surface area contributed by atoms with Gasteiger partial charge in [0.1, 0.15) is 0 Å². The van der Waals surface area contributed by atoms with E-state index in [0.717, 1.165) is 16.9 Å². The Morgan fingerprint density at radius 2 is 2.31 bits per heavy atom. The Morgan fingerprint density at radius 1 is 1.44 bits per heavy atom. The molecule has 4 nitrogen and oxygen atoms in total. The average Bonchev–Trinajstić information content (AvgIpc) is 2.27. The molecule has 16 heavy (non-hydrogen) atoms. The lowest BCUT2D eigenvalue weighted by atomic mass is 10.2. The van der Waals surface area contributed by atoms with Gasteiger partial charge >= 0.3 is 0 Å². The highest BCUT2D eigenvalue weighted by Crippen LogP contribution is 2.06. The van der Waals surface area contributed by atoms with Crippen molar-refractivity contribution in [3.8, 4) is 0 Å². The normalized spacial score (nSPS) is 10.1. The number of hydrogen-bond acceptors (Lipinski definition) is 3. The van der Waals surface area contributed by atoms with Gasteiger partial charge in [-0.25, -0.2) is 0 Å². The van der Waals surface area contributed by atoms with Gasteiger partial charge < -0.3 is 10.3 Å². The minimum atomic E-state index is -0.0892. The standard InChI is InChI=1S/C12H13N3O/c1-9-5-11(6-12(16)15-9)14-8-10-3-2-4-13-7-10/h2-7H,8H2,1H3,(H2,14,15,16). The first-order chi connectivity index (χ1) is 7.74. The molecular weight excluding hydrogens is 202 g/mol. The van der Waals surface area contributed by atoms with Gasteiger partial charge in [-0.3, -0.25) is 9.78 Å². The highest BCUT2D eigenvalue weighted by molar-refractivity contribution is 5.43. The number of anilines is 1. The largest absolute Gasteiger partial charge is 0.381 e. The highest BCUT2D eigenvalue weighted by atomic mass is 16.1. The van der Waals surface area contributed by atoms with Gasteiger partial charge in [0.25, 0.3) is 0 Å². The fourth-order valence-electron chi connectivity index (χ4n) is 1.49. The van der Waals surface area contributed by atoms with Crippen LogP contribution in [0.25, 0.3) is 0 Å². The highest BCUT2D eigenvalue weighted by Gasteiger charge is 1.96. The van der Waals surface area contributed by atoms with Crippen molar-refractivity contribution in [1.82, 2.24) is 9.97 Å². The first kappa shape index (κ1) is 10.4. The zero-order valence-electron chi connectivity index (χ0n) is 9.03. The number of aromatic nitrogens is 2. The Balaban J connectivity index is 2.08. The van der Waals surface area contributed by atoms with Crippen molar-refractivity contribution in [2.45, 2.75) is 13.5 Å². The van der Waals surface area contributed by atoms with Crippen LogP contribution in [0.15, 0.2) is 41.5 Å². The molecular formula is C12H13N3O. The van der Waals surface area contributed by atoms with Crippen molar-refractivity contribution >= 4 is 5.69 Å². The molecule has 2 aromatic rings. The van der Waals surface area contributed by atoms with Crippen LogP contribution in [0.4, 0.5) is 5.69 Å². The molecule has 82 valence electrons. The van der Waals surface area contributed by atoms with E-state index in [-0.39, 0.29) is 5.56 Å². The van der Waals surface area contributed by atoms with E-state index in [2.05, 4.69) is 15.3 Å². The molecule has 0 atom stereocenters. The lowest BCUT2D eigenvalue weighted by Crippen LogP contribution is -2.09. The van der Waals surface area contributed by atoms with Crippen LogP contribution in [-0.2, 0) is 6.54 Å². The van der Waals surface area contributed by atoms with E-state index in [1.165, 1.54) is 0 Å². The molecule has 0 aliphatic heterocycles. The molecule has 0 aromatic carbocycles. The first-order valence-electron chi connectivity index (χ1n) is 5.08. The zero-order chi connectivity index (χ0) is 11.4. The van der Waals surface area contributed by atoms with Crippen LogP contribution in [0.1, 0.15) is 11.3 Å². The minimum Gasteiger partial charge on any atom is -0.381 e. The second-order valence-electron chi connectivity index (χ2n) is 3.63. The predicted molar refractivity (Wildman–Crippen MR) is 63.4 cm³/mol. The molecule has 0 amide bonds. The van der Waals surface area contributed by atoms with Crippen molar-refractivity contribution in [1.29, 1.82) is 0 Å². The Bertz CT molecular complexity index is 519. The van der Waals surface area contributed by atoms with E-state index in [1.807, 2.05) is 25.1 Å². The molecule has 0 aliphatic rings. The Kier molecular flexibility index (Phi) is 3.00. The molecule has 2 N–H and O–H groups in total. The SMILES string of the molecule is Cc1cc(NCc2cccnc2)cc(=O)[nH]1. The van der Waals surface area contributed by atoms with Crippen molar-refractivity contribution in [3.63, 3.8) is 0 Å². The molecule has 4 heteroatoms. The maximum Gasteiger partial charge on any atom is 0.250 e. The maximum atomic E-state index is 11.2. The summed E-state index contributed by atoms with van der Waals surface area (Å²) >= 11 is 0. The molecule has 0 saturated heterocycles. The van der Waals surface area contributed by atoms with Crippen LogP contribution >= 0.6 is 0 Å². The van der Waals surface area contributed by atoms with E-state index < -0.39 is 0 Å². The van der Waals surface area contributed by atoms with Crippen molar-refractivity contribution in [3.05, 3.63) is 58.3 Å². The van der Waals surface area contributed by atoms with E-state index in [4.69, 9.17) is 0 Å². The van der Waals surface area contributed by atoms with Gasteiger partial charge in [-0.05, 0) is 24.6 Å². The molecule has 0 spiro atoms. The molecule has 0 fully saturated rings. The van der Waals surface area contributed by atoms with Gasteiger partial charge in [0.05, 0.1) is 0 Å². The topological polar surface area (TPSA) is 57.8 Å². The number of aromatic amines is 1. The van der Waals surface area contributed by atoms with Crippen LogP contribution in [-0.4, -0.2) is 9.97 Å². The van der Waals surface area contributed by atoms with E-state index in [9.17, 15) is 4.79 Å². The van der Waals surface area contributed by atoms with Crippen LogP contribution in [0, 0.1) is 6.92 Å². The molecule has 0 bridgehead atoms. The average molecular weight is 215 g/mol. The third kappa shape index (κ3) is 2.70. The Hall–Kier alpha value is -2.10. The number of H-pyrrole nitrogens is 1. The quantitative estimate of drug-likeness (QED) is 0.819. The fourth-order valence-corrected chi connectivity index (χ4v) is 1.49. The molecule has 0 aliphatic carbocycles. The van der Waals surface area contributed by atoms with Gasteiger partial charge in [0.2, 0.25) is 5.56 Å². The number of nitrogens with one attached hydrogen (secondary N) is 2. The fraction of sp³-hybridized carbons (Fsp3) is 0.167. The van der Waals surface area contributed by atoms with Crippen LogP contribution in [0.2, 0.25) is 0 Å². The number of rotatable bonds is 3. The molecule has 0 radical (unpaired) electrons. The number of nitrogens with zero attached hydrogens (tertiary/aromatic N) is 1. The van der Waals surface area contributed by atoms with Crippen molar-refractivity contribution in [2.75, 3.05) is 5.32 Å². The predicted octanol–water partition coefficient (Wildman–Crippen LogP) is 1.69. The second kappa shape index (κ2) is 4.61. The van der Waals surface area contributed by atoms with Gasteiger partial charge in [-0.2, -0.15) is 0 Å². The number of aryl methyl sites for hydroxylation is 1. The maximum absolute atomic E-state index is 11.2. The van der Waals surface area contributed by atoms with Gasteiger partial charge in [0.15, 0.2) is 0 Å². The summed E-state index contributed by atoms with van der Waals surface area (Å²) in [5.41, 5.74) is 2.67. The second-order valence-corrected chi connectivity index (χ2v) is 3.63. The molecule has 0 saturated carbocycles. The lowest BCUT2D eigenvalue weighted by Gasteiger charge is -2.06. The summed E-state index contributed by atoms with van der Waals surface area (Å²) in [6.45, 7) is 2.52. The number of pyridine rings is 2. The van der Waals surface area contributed by atoms with E-state index in [0.29, 0.717) is 6.54 Å². The van der Waals surface area contributed by atoms with E-state index in [1.54, 1.807) is 18.5 Å². The molecule has 2 heterocycles. The summed E-state index contributed by atoms with van der Waals surface area (Å²) in [7, 11) is 0. The van der Waals surface area contributed by atoms with E-state index >= 15 is 0 Å². The van der Waals surface area contributed by atoms with Gasteiger partial charge in [-0.15, -0.1) is 0 Å². The summed E-state index contributed by atoms with van der Waals surface area (Å²) in [5.74, 6) is 0. The summed E-state index contributed by atoms with van der Waals surface area (Å²) in [5, 5.41) is 3.18. The Labute approximate surface area is 93.4 Å². The van der Waals surface area contributed by atoms with Crippen LogP contribution < -0.4 is 10.9 Å². The summed E-state index contributed by atoms with van der Waals surface area (Å²) in [6, 6.07) is 7.32. The summed E-state index contributed by atoms with van der Waals surface area (Å²) in [6.07, 6.45) is 3.54. The van der Waals surface area contributed by atoms with Crippen LogP contribution in [0.3, 0.4) is 0 Å². The van der Waals surface area contributed by atoms with Gasteiger partial charge in [0, 0.05) is 36.4 Å². The lowest BCUT2D eigenvalue weighted by molar-refractivity contribution is 1.09. The van der Waals surface area contributed by atoms with Crippen molar-refractivity contribution < 1.29 is 0 Å². The smallest absolute Gasteiger partial charge is 0.250 e. The molecule has 2 rings (SSSR count). The summed E-state index contributed by atoms with van der Waals surface area (Å²) in [4.78, 5) is 17.9. The Morgan fingerprint density at radius 3 is 3.00 bits per heavy atom. The number of hydrogen-bond donors (Lipinski definition) is 2. The van der Waals surface area contributed by atoms with Crippen molar-refractivity contribution in [2.24, 2.45) is 0 Å². The molecule has 0 unspecified atom stereocenters. The summed E-state index contributed by atoms with van der Waals surface area (Å²) < 4.78 is 0. The van der Waals surface area contributed by atoms with Crippen LogP contribution in [0.5, 0.6) is 0 Å². The first-order valence-corrected chi connectivity index (χ1v) is 5.08. The molecule has 2 aromatic heterocycles. The minimum absolute atomic E-state index is 0.0892.